The first-order valence-corrected chi connectivity index (χ1v) is 9.56. The van der Waals surface area contributed by atoms with E-state index in [0.717, 1.165) is 35.1 Å². The summed E-state index contributed by atoms with van der Waals surface area (Å²) < 4.78 is 25.0. The van der Waals surface area contributed by atoms with Crippen LogP contribution in [0.1, 0.15) is 0 Å². The van der Waals surface area contributed by atoms with Crippen molar-refractivity contribution in [1.29, 1.82) is 0 Å². The highest BCUT2D eigenvalue weighted by Gasteiger charge is 2.21. The van der Waals surface area contributed by atoms with E-state index in [1.54, 1.807) is 0 Å². The van der Waals surface area contributed by atoms with E-state index < -0.39 is 14.8 Å². The minimum absolute atomic E-state index is 0.0800. The molecule has 0 N–H and O–H groups in total. The van der Waals surface area contributed by atoms with E-state index >= 15 is 0 Å². The van der Waals surface area contributed by atoms with Crippen LogP contribution in [0.25, 0.3) is 11.0 Å². The maximum Gasteiger partial charge on any atom is 0.284 e. The number of hydrogen-bond donors (Lipinski definition) is 0. The smallest absolute Gasteiger partial charge is 0.284 e. The lowest BCUT2D eigenvalue weighted by atomic mass is 10.3. The Labute approximate surface area is 142 Å². The molecule has 0 bridgehead atoms. The molecule has 0 saturated heterocycles. The number of hydrogen-bond acceptors (Lipinski definition) is 6. The standard InChI is InChI=1S/C15H13N3O4S2/c1-17-12-6-4-3-5-11(12)16-15(17)23-14-8-7-10(24(2,21)22)9-13(14)18(19)20/h3-9H,1-2H3. The van der Waals surface area contributed by atoms with Gasteiger partial charge in [-0.1, -0.05) is 12.1 Å². The van der Waals surface area contributed by atoms with Crippen LogP contribution in [-0.4, -0.2) is 29.1 Å². The SMILES string of the molecule is Cn1c(Sc2ccc(S(C)(=O)=O)cc2[N+](=O)[O-])nc2ccccc21. The van der Waals surface area contributed by atoms with Gasteiger partial charge < -0.3 is 4.57 Å². The summed E-state index contributed by atoms with van der Waals surface area (Å²) in [6.45, 7) is 0. The lowest BCUT2D eigenvalue weighted by Crippen LogP contribution is -2.00. The number of nitrogens with zero attached hydrogens (tertiary/aromatic N) is 3. The third-order valence-corrected chi connectivity index (χ3v) is 5.73. The highest BCUT2D eigenvalue weighted by Crippen LogP contribution is 2.36. The number of para-hydroxylation sites is 2. The first-order chi connectivity index (χ1) is 11.3. The van der Waals surface area contributed by atoms with Crippen LogP contribution in [0.2, 0.25) is 0 Å². The van der Waals surface area contributed by atoms with Gasteiger partial charge in [0.25, 0.3) is 5.69 Å². The van der Waals surface area contributed by atoms with Crippen LogP contribution in [0.4, 0.5) is 5.69 Å². The third kappa shape index (κ3) is 3.00. The highest BCUT2D eigenvalue weighted by atomic mass is 32.2. The van der Waals surface area contributed by atoms with Crippen molar-refractivity contribution in [3.8, 4) is 0 Å². The zero-order valence-corrected chi connectivity index (χ0v) is 14.5. The summed E-state index contributed by atoms with van der Waals surface area (Å²) in [5.41, 5.74) is 1.45. The molecule has 0 amide bonds. The van der Waals surface area contributed by atoms with Crippen molar-refractivity contribution in [3.05, 3.63) is 52.6 Å². The molecule has 0 radical (unpaired) electrons. The van der Waals surface area contributed by atoms with Crippen molar-refractivity contribution in [2.75, 3.05) is 6.26 Å². The number of imidazole rings is 1. The van der Waals surface area contributed by atoms with Crippen molar-refractivity contribution in [3.63, 3.8) is 0 Å². The molecule has 7 nitrogen and oxygen atoms in total. The van der Waals surface area contributed by atoms with Crippen LogP contribution in [0.3, 0.4) is 0 Å². The Balaban J connectivity index is 2.09. The van der Waals surface area contributed by atoms with Crippen LogP contribution in [0, 0.1) is 10.1 Å². The quantitative estimate of drug-likeness (QED) is 0.522. The largest absolute Gasteiger partial charge is 0.322 e. The van der Waals surface area contributed by atoms with Gasteiger partial charge in [0.1, 0.15) is 0 Å². The molecule has 0 aliphatic rings. The number of sulfone groups is 1. The summed E-state index contributed by atoms with van der Waals surface area (Å²) in [5.74, 6) is 0. The molecule has 0 fully saturated rings. The van der Waals surface area contributed by atoms with Gasteiger partial charge in [-0.05, 0) is 36.0 Å². The predicted molar refractivity (Wildman–Crippen MR) is 91.0 cm³/mol. The fraction of sp³-hybridized carbons (Fsp3) is 0.133. The van der Waals surface area contributed by atoms with E-state index in [1.165, 1.54) is 12.1 Å². The van der Waals surface area contributed by atoms with Gasteiger partial charge in [-0.25, -0.2) is 13.4 Å². The molecular formula is C15H13N3O4S2. The van der Waals surface area contributed by atoms with Crippen LogP contribution in [-0.2, 0) is 16.9 Å². The first-order valence-electron chi connectivity index (χ1n) is 6.85. The van der Waals surface area contributed by atoms with Crippen LogP contribution >= 0.6 is 11.8 Å². The summed E-state index contributed by atoms with van der Waals surface area (Å²) in [6, 6.07) is 11.4. The fourth-order valence-electron chi connectivity index (χ4n) is 2.27. The lowest BCUT2D eigenvalue weighted by Gasteiger charge is -2.05. The molecule has 0 atom stereocenters. The lowest BCUT2D eigenvalue weighted by molar-refractivity contribution is -0.388. The van der Waals surface area contributed by atoms with E-state index in [2.05, 4.69) is 4.98 Å². The van der Waals surface area contributed by atoms with Gasteiger partial charge in [-0.2, -0.15) is 0 Å². The molecule has 124 valence electrons. The summed E-state index contributed by atoms with van der Waals surface area (Å²) in [7, 11) is -1.68. The number of aryl methyl sites for hydroxylation is 1. The van der Waals surface area contributed by atoms with Gasteiger partial charge in [-0.15, -0.1) is 0 Å². The zero-order valence-electron chi connectivity index (χ0n) is 12.8. The van der Waals surface area contributed by atoms with E-state index in [1.807, 2.05) is 35.9 Å². The Kier molecular flexibility index (Phi) is 4.06. The number of benzene rings is 2. The number of rotatable bonds is 4. The van der Waals surface area contributed by atoms with Gasteiger partial charge >= 0.3 is 0 Å². The van der Waals surface area contributed by atoms with E-state index in [9.17, 15) is 18.5 Å². The Morgan fingerprint density at radius 3 is 2.54 bits per heavy atom. The monoisotopic (exact) mass is 363 g/mol. The predicted octanol–water partition coefficient (Wildman–Crippen LogP) is 3.04. The normalized spacial score (nSPS) is 11.8. The zero-order chi connectivity index (χ0) is 17.5. The Morgan fingerprint density at radius 2 is 1.92 bits per heavy atom. The highest BCUT2D eigenvalue weighted by molar-refractivity contribution is 7.99. The Hall–Kier alpha value is -2.39. The van der Waals surface area contributed by atoms with Crippen LogP contribution in [0.15, 0.2) is 57.4 Å². The number of nitro groups is 1. The molecule has 1 aromatic heterocycles. The van der Waals surface area contributed by atoms with Crippen LogP contribution < -0.4 is 0 Å². The Bertz CT molecular complexity index is 1060. The van der Waals surface area contributed by atoms with Crippen molar-refractivity contribution < 1.29 is 13.3 Å². The Morgan fingerprint density at radius 1 is 1.21 bits per heavy atom. The fourth-order valence-corrected chi connectivity index (χ4v) is 3.86. The van der Waals surface area contributed by atoms with Crippen molar-refractivity contribution in [2.45, 2.75) is 14.9 Å². The molecule has 0 spiro atoms. The topological polar surface area (TPSA) is 95.1 Å². The second-order valence-electron chi connectivity index (χ2n) is 5.20. The van der Waals surface area contributed by atoms with Crippen molar-refractivity contribution >= 4 is 38.3 Å². The summed E-state index contributed by atoms with van der Waals surface area (Å²) in [6.07, 6.45) is 1.02. The molecule has 0 aliphatic carbocycles. The third-order valence-electron chi connectivity index (χ3n) is 3.50. The summed E-state index contributed by atoms with van der Waals surface area (Å²) in [4.78, 5) is 15.5. The van der Waals surface area contributed by atoms with E-state index in [-0.39, 0.29) is 10.6 Å². The second-order valence-corrected chi connectivity index (χ2v) is 8.23. The van der Waals surface area contributed by atoms with E-state index in [4.69, 9.17) is 0 Å². The summed E-state index contributed by atoms with van der Waals surface area (Å²) in [5, 5.41) is 11.9. The van der Waals surface area contributed by atoms with E-state index in [0.29, 0.717) is 10.1 Å². The molecule has 3 aromatic rings. The average molecular weight is 363 g/mol. The average Bonchev–Trinajstić information content (AvgIpc) is 2.83. The molecule has 0 unspecified atom stereocenters. The van der Waals surface area contributed by atoms with Gasteiger partial charge in [-0.3, -0.25) is 10.1 Å². The molecular weight excluding hydrogens is 350 g/mol. The maximum absolute atomic E-state index is 11.6. The van der Waals surface area contributed by atoms with Gasteiger partial charge in [0, 0.05) is 19.4 Å². The number of aromatic nitrogens is 2. The molecule has 0 aliphatic heterocycles. The molecule has 24 heavy (non-hydrogen) atoms. The molecule has 9 heteroatoms. The summed E-state index contributed by atoms with van der Waals surface area (Å²) >= 11 is 1.13. The number of nitro benzene ring substituents is 1. The second kappa shape index (κ2) is 5.91. The number of fused-ring (bicyclic) bond motifs is 1. The molecule has 3 rings (SSSR count). The first kappa shape index (κ1) is 16.5. The van der Waals surface area contributed by atoms with Crippen LogP contribution in [0.5, 0.6) is 0 Å². The van der Waals surface area contributed by atoms with Gasteiger partial charge in [0.15, 0.2) is 15.0 Å². The molecule has 2 aromatic carbocycles. The maximum atomic E-state index is 11.6. The van der Waals surface area contributed by atoms with Crippen molar-refractivity contribution in [2.24, 2.45) is 7.05 Å². The minimum atomic E-state index is -3.51. The molecule has 1 heterocycles. The van der Waals surface area contributed by atoms with Gasteiger partial charge in [0.05, 0.1) is 25.7 Å². The molecule has 0 saturated carbocycles. The van der Waals surface area contributed by atoms with Gasteiger partial charge in [0.2, 0.25) is 0 Å². The van der Waals surface area contributed by atoms with Crippen molar-refractivity contribution in [1.82, 2.24) is 9.55 Å². The minimum Gasteiger partial charge on any atom is -0.322 e.